The molecule has 3 nitrogen and oxygen atoms in total. The van der Waals surface area contributed by atoms with E-state index < -0.39 is 14.4 Å². The third-order valence-corrected chi connectivity index (χ3v) is 13.5. The van der Waals surface area contributed by atoms with Gasteiger partial charge in [-0.3, -0.25) is 0 Å². The molecule has 0 saturated heterocycles. The van der Waals surface area contributed by atoms with Gasteiger partial charge in [-0.1, -0.05) is 0 Å². The van der Waals surface area contributed by atoms with Gasteiger partial charge in [0, 0.05) is 0 Å². The van der Waals surface area contributed by atoms with Crippen LogP contribution in [0.4, 0.5) is 0 Å². The van der Waals surface area contributed by atoms with Gasteiger partial charge in [0.25, 0.3) is 0 Å². The molecule has 0 rings (SSSR count). The van der Waals surface area contributed by atoms with Crippen LogP contribution in [0.3, 0.4) is 0 Å². The molecule has 1 atom stereocenters. The number of unbranched alkanes of at least 4 members (excludes halogenated alkanes) is 4. The summed E-state index contributed by atoms with van der Waals surface area (Å²) in [5.74, 6) is 0. The quantitative estimate of drug-likeness (QED) is 0.363. The van der Waals surface area contributed by atoms with Crippen LogP contribution >= 0.6 is 14.4 Å². The van der Waals surface area contributed by atoms with Crippen molar-refractivity contribution in [3.63, 3.8) is 0 Å². The zero-order chi connectivity index (χ0) is 17.1. The summed E-state index contributed by atoms with van der Waals surface area (Å²) in [5, 5.41) is 0. The molecule has 0 fully saturated rings. The van der Waals surface area contributed by atoms with Crippen molar-refractivity contribution in [2.75, 3.05) is 31.3 Å². The van der Waals surface area contributed by atoms with Gasteiger partial charge in [-0.25, -0.2) is 0 Å². The molecule has 0 aliphatic rings. The van der Waals surface area contributed by atoms with E-state index in [0.717, 1.165) is 76.0 Å². The van der Waals surface area contributed by atoms with Crippen LogP contribution in [-0.2, 0) is 8.88 Å². The van der Waals surface area contributed by atoms with Crippen LogP contribution in [0.25, 0.3) is 0 Å². The molecule has 0 bridgehead atoms. The monoisotopic (exact) mass is 354 g/mol. The van der Waals surface area contributed by atoms with E-state index in [2.05, 4.69) is 27.7 Å². The summed E-state index contributed by atoms with van der Waals surface area (Å²) in [6.45, 7) is 7.64. The second-order valence-electron chi connectivity index (χ2n) is 7.05. The first-order valence-electron chi connectivity index (χ1n) is 9.29. The Kier molecular flexibility index (Phi) is 10.7. The summed E-state index contributed by atoms with van der Waals surface area (Å²) >= 11 is 0. The van der Waals surface area contributed by atoms with Crippen molar-refractivity contribution in [3.8, 4) is 0 Å². The second kappa shape index (κ2) is 10.4. The van der Waals surface area contributed by atoms with E-state index in [1.807, 2.05) is 0 Å². The van der Waals surface area contributed by atoms with Crippen molar-refractivity contribution in [1.29, 1.82) is 0 Å². The summed E-state index contributed by atoms with van der Waals surface area (Å²) in [4.78, 5) is 10.1. The maximum absolute atomic E-state index is 12.3. The molecule has 0 amide bonds. The Balaban J connectivity index is 5.70. The molecule has 1 unspecified atom stereocenters. The number of hydrogen-bond acceptors (Lipinski definition) is 2. The minimum atomic E-state index is -3.46. The molecule has 0 radical (unpaired) electrons. The van der Waals surface area contributed by atoms with Gasteiger partial charge in [0.1, 0.15) is 0 Å². The van der Waals surface area contributed by atoms with Crippen LogP contribution in [0.5, 0.6) is 0 Å². The molecule has 0 aromatic rings. The van der Waals surface area contributed by atoms with Crippen molar-refractivity contribution in [1.82, 2.24) is 0 Å². The Bertz CT molecular complexity index is 295. The van der Waals surface area contributed by atoms with Gasteiger partial charge in [-0.15, -0.1) is 0 Å². The van der Waals surface area contributed by atoms with E-state index in [1.165, 1.54) is 6.66 Å². The Hall–Kier alpha value is 0.580. The molecule has 0 spiro atoms. The van der Waals surface area contributed by atoms with Crippen LogP contribution in [0.2, 0.25) is 0 Å². The molecular weight excluding hydrogens is 314 g/mol. The second-order valence-corrected chi connectivity index (χ2v) is 14.8. The predicted molar refractivity (Wildman–Crippen MR) is 103 cm³/mol. The maximum atomic E-state index is 12.3. The van der Waals surface area contributed by atoms with Crippen LogP contribution in [0.15, 0.2) is 0 Å². The minimum absolute atomic E-state index is 1.04. The van der Waals surface area contributed by atoms with Crippen molar-refractivity contribution in [2.24, 2.45) is 0 Å². The van der Waals surface area contributed by atoms with E-state index in [1.54, 1.807) is 0 Å². The molecule has 0 saturated carbocycles. The molecule has 0 aromatic carbocycles. The molecule has 0 aliphatic carbocycles. The van der Waals surface area contributed by atoms with Crippen molar-refractivity contribution >= 4 is 14.4 Å². The fourth-order valence-electron chi connectivity index (χ4n) is 3.49. The van der Waals surface area contributed by atoms with Gasteiger partial charge in [0.05, 0.1) is 0 Å². The van der Waals surface area contributed by atoms with E-state index in [9.17, 15) is 9.46 Å². The van der Waals surface area contributed by atoms with Crippen LogP contribution in [0.1, 0.15) is 79.1 Å². The third kappa shape index (κ3) is 7.91. The van der Waals surface area contributed by atoms with Gasteiger partial charge in [0.2, 0.25) is 0 Å². The summed E-state index contributed by atoms with van der Waals surface area (Å²) in [6, 6.07) is 0. The van der Waals surface area contributed by atoms with E-state index in [0.29, 0.717) is 0 Å². The van der Waals surface area contributed by atoms with Gasteiger partial charge in [-0.2, -0.15) is 0 Å². The molecule has 0 aromatic heterocycles. The van der Waals surface area contributed by atoms with E-state index >= 15 is 0 Å². The average Bonchev–Trinajstić information content (AvgIpc) is 2.46. The summed E-state index contributed by atoms with van der Waals surface area (Å²) in [6.07, 6.45) is 13.2. The normalized spacial score (nSPS) is 16.9. The Morgan fingerprint density at radius 2 is 1.05 bits per heavy atom. The molecule has 1 N–H and O–H groups in total. The van der Waals surface area contributed by atoms with Gasteiger partial charge in [0.15, 0.2) is 0 Å². The van der Waals surface area contributed by atoms with Crippen LogP contribution in [-0.4, -0.2) is 36.2 Å². The van der Waals surface area contributed by atoms with Crippen molar-refractivity contribution in [3.05, 3.63) is 0 Å². The molecule has 0 heterocycles. The first-order valence-corrected chi connectivity index (χ1v) is 14.2. The van der Waals surface area contributed by atoms with Gasteiger partial charge >= 0.3 is 139 Å². The molecular formula is C17H40O3P2. The SMILES string of the molecule is CCCCP(CCCC)(CCCC)(CCCC)OP(C)(=O)O. The summed E-state index contributed by atoms with van der Waals surface area (Å²) in [5.41, 5.74) is 0. The Morgan fingerprint density at radius 3 is 1.23 bits per heavy atom. The zero-order valence-electron chi connectivity index (χ0n) is 15.6. The average molecular weight is 354 g/mol. The first-order chi connectivity index (χ1) is 10.3. The summed E-state index contributed by atoms with van der Waals surface area (Å²) in [7, 11) is -3.46. The predicted octanol–water partition coefficient (Wildman–Crippen LogP) is 6.49. The fourth-order valence-corrected chi connectivity index (χ4v) is 14.0. The van der Waals surface area contributed by atoms with Crippen LogP contribution in [0, 0.1) is 0 Å². The van der Waals surface area contributed by atoms with Gasteiger partial charge in [-0.05, 0) is 0 Å². The van der Waals surface area contributed by atoms with Crippen molar-refractivity contribution in [2.45, 2.75) is 79.1 Å². The molecule has 22 heavy (non-hydrogen) atoms. The first kappa shape index (κ1) is 22.6. The summed E-state index contributed by atoms with van der Waals surface area (Å²) < 4.78 is 18.5. The molecule has 5 heteroatoms. The molecule has 136 valence electrons. The topological polar surface area (TPSA) is 46.5 Å². The zero-order valence-corrected chi connectivity index (χ0v) is 17.4. The molecule has 0 aliphatic heterocycles. The van der Waals surface area contributed by atoms with Crippen LogP contribution < -0.4 is 0 Å². The number of rotatable bonds is 14. The third-order valence-electron chi connectivity index (χ3n) is 4.69. The fraction of sp³-hybridized carbons (Fsp3) is 1.00. The number of hydrogen-bond donors (Lipinski definition) is 1. The van der Waals surface area contributed by atoms with Gasteiger partial charge < -0.3 is 0 Å². The Labute approximate surface area is 139 Å². The Morgan fingerprint density at radius 1 is 0.773 bits per heavy atom. The van der Waals surface area contributed by atoms with Crippen molar-refractivity contribution < 1.29 is 13.8 Å². The van der Waals surface area contributed by atoms with E-state index in [-0.39, 0.29) is 0 Å². The van der Waals surface area contributed by atoms with E-state index in [4.69, 9.17) is 4.31 Å². The standard InChI is InChI=1S/C17H40O3P2/c1-6-10-14-22(15-11-7-2,16-12-8-3,17-13-9-4)20-21(5,18)19/h6-17H2,1-5H3,(H,18,19).